The van der Waals surface area contributed by atoms with Crippen LogP contribution in [0.4, 0.5) is 0 Å². The quantitative estimate of drug-likeness (QED) is 0.226. The van der Waals surface area contributed by atoms with Crippen molar-refractivity contribution in [2.45, 2.75) is 37.1 Å². The molecule has 0 bridgehead atoms. The summed E-state index contributed by atoms with van der Waals surface area (Å²) in [4.78, 5) is 20.9. The molecule has 3 nitrogen and oxygen atoms in total. The number of hydrogen-bond acceptors (Lipinski definition) is 4. The molecule has 0 saturated carbocycles. The van der Waals surface area contributed by atoms with Gasteiger partial charge in [0.15, 0.2) is 5.16 Å². The van der Waals surface area contributed by atoms with E-state index in [2.05, 4.69) is 6.92 Å². The molecule has 0 aliphatic heterocycles. The van der Waals surface area contributed by atoms with Gasteiger partial charge >= 0.3 is 0 Å². The van der Waals surface area contributed by atoms with E-state index in [0.717, 1.165) is 40.7 Å². The van der Waals surface area contributed by atoms with E-state index in [4.69, 9.17) is 28.2 Å². The fraction of sp³-hybridized carbons (Fsp3) is 0.250. The highest BCUT2D eigenvalue weighted by atomic mass is 35.5. The number of hydrogen-bond donors (Lipinski definition) is 0. The van der Waals surface area contributed by atoms with E-state index < -0.39 is 0 Å². The third-order valence-corrected chi connectivity index (χ3v) is 8.56. The maximum Gasteiger partial charge on any atom is 0.267 e. The lowest BCUT2D eigenvalue weighted by Crippen LogP contribution is -2.22. The first-order valence-corrected chi connectivity index (χ1v) is 12.8. The zero-order chi connectivity index (χ0) is 21.5. The Kier molecular flexibility index (Phi) is 5.86. The number of aryl methyl sites for hydroxylation is 1. The maximum atomic E-state index is 13.8. The molecule has 0 N–H and O–H groups in total. The van der Waals surface area contributed by atoms with E-state index in [1.807, 2.05) is 42.5 Å². The molecule has 0 spiro atoms. The highest BCUT2D eigenvalue weighted by molar-refractivity contribution is 7.98. The van der Waals surface area contributed by atoms with Crippen LogP contribution in [-0.2, 0) is 18.6 Å². The number of thioether (sulfide) groups is 1. The predicted octanol–water partition coefficient (Wildman–Crippen LogP) is 7.17. The molecule has 4 aromatic rings. The van der Waals surface area contributed by atoms with E-state index in [1.54, 1.807) is 33.7 Å². The van der Waals surface area contributed by atoms with Crippen LogP contribution in [0.1, 0.15) is 29.3 Å². The standard InChI is InChI=1S/C24H20Cl2N2OS2/c1-14-7-9-17-20(11-14)31-22-21(17)23(29)28(16-5-3-2-4-6-16)24(27-22)30-13-15-8-10-18(25)19(26)12-15/h2-6,8,10,12,14H,7,9,11,13H2,1H3. The molecule has 1 unspecified atom stereocenters. The van der Waals surface area contributed by atoms with Crippen molar-refractivity contribution >= 4 is 56.5 Å². The molecule has 5 rings (SSSR count). The van der Waals surface area contributed by atoms with E-state index >= 15 is 0 Å². The van der Waals surface area contributed by atoms with Crippen LogP contribution in [0.15, 0.2) is 58.5 Å². The number of halogens is 2. The smallest absolute Gasteiger partial charge is 0.267 e. The summed E-state index contributed by atoms with van der Waals surface area (Å²) in [6, 6.07) is 15.4. The zero-order valence-electron chi connectivity index (χ0n) is 16.9. The SMILES string of the molecule is CC1CCc2c(sc3nc(SCc4ccc(Cl)c(Cl)c4)n(-c4ccccc4)c(=O)c23)C1. The molecular weight excluding hydrogens is 467 g/mol. The Bertz CT molecular complexity index is 1330. The second kappa shape index (κ2) is 8.62. The normalized spacial score (nSPS) is 15.9. The molecule has 31 heavy (non-hydrogen) atoms. The van der Waals surface area contributed by atoms with Crippen LogP contribution in [0.5, 0.6) is 0 Å². The Morgan fingerprint density at radius 2 is 1.97 bits per heavy atom. The van der Waals surface area contributed by atoms with Crippen molar-refractivity contribution in [3.63, 3.8) is 0 Å². The van der Waals surface area contributed by atoms with E-state index in [1.165, 1.54) is 10.4 Å². The van der Waals surface area contributed by atoms with Gasteiger partial charge in [0.2, 0.25) is 0 Å². The van der Waals surface area contributed by atoms with Crippen molar-refractivity contribution in [1.29, 1.82) is 0 Å². The van der Waals surface area contributed by atoms with Gasteiger partial charge in [0.25, 0.3) is 5.56 Å². The summed E-state index contributed by atoms with van der Waals surface area (Å²) in [5, 5.41) is 2.56. The van der Waals surface area contributed by atoms with Gasteiger partial charge < -0.3 is 0 Å². The first-order valence-electron chi connectivity index (χ1n) is 10.2. The third kappa shape index (κ3) is 4.05. The van der Waals surface area contributed by atoms with Gasteiger partial charge in [0, 0.05) is 10.6 Å². The highest BCUT2D eigenvalue weighted by Gasteiger charge is 2.25. The molecule has 1 atom stereocenters. The Morgan fingerprint density at radius 3 is 2.74 bits per heavy atom. The van der Waals surface area contributed by atoms with Crippen LogP contribution in [0.25, 0.3) is 15.9 Å². The average molecular weight is 487 g/mol. The predicted molar refractivity (Wildman–Crippen MR) is 132 cm³/mol. The number of fused-ring (bicyclic) bond motifs is 3. The first kappa shape index (κ1) is 21.1. The highest BCUT2D eigenvalue weighted by Crippen LogP contribution is 2.37. The molecular formula is C24H20Cl2N2OS2. The van der Waals surface area contributed by atoms with Crippen LogP contribution in [0.3, 0.4) is 0 Å². The van der Waals surface area contributed by atoms with E-state index in [9.17, 15) is 4.79 Å². The lowest BCUT2D eigenvalue weighted by atomic mass is 9.89. The Morgan fingerprint density at radius 1 is 1.16 bits per heavy atom. The van der Waals surface area contributed by atoms with Crippen molar-refractivity contribution in [2.75, 3.05) is 0 Å². The summed E-state index contributed by atoms with van der Waals surface area (Å²) >= 11 is 15.5. The van der Waals surface area contributed by atoms with Gasteiger partial charge in [0.1, 0.15) is 4.83 Å². The topological polar surface area (TPSA) is 34.9 Å². The van der Waals surface area contributed by atoms with Crippen LogP contribution in [0, 0.1) is 5.92 Å². The summed E-state index contributed by atoms with van der Waals surface area (Å²) in [6.07, 6.45) is 3.11. The molecule has 1 aliphatic rings. The lowest BCUT2D eigenvalue weighted by Gasteiger charge is -2.18. The molecule has 2 heterocycles. The minimum absolute atomic E-state index is 0.0277. The van der Waals surface area contributed by atoms with Crippen LogP contribution < -0.4 is 5.56 Å². The van der Waals surface area contributed by atoms with Gasteiger partial charge in [0.05, 0.1) is 21.1 Å². The fourth-order valence-corrected chi connectivity index (χ4v) is 6.75. The van der Waals surface area contributed by atoms with Crippen molar-refractivity contribution in [2.24, 2.45) is 5.92 Å². The number of benzene rings is 2. The second-order valence-electron chi connectivity index (χ2n) is 7.94. The van der Waals surface area contributed by atoms with Gasteiger partial charge in [-0.25, -0.2) is 4.98 Å². The average Bonchev–Trinajstić information content (AvgIpc) is 3.12. The van der Waals surface area contributed by atoms with Gasteiger partial charge in [-0.05, 0) is 60.6 Å². The maximum absolute atomic E-state index is 13.8. The largest absolute Gasteiger partial charge is 0.268 e. The second-order valence-corrected chi connectivity index (χ2v) is 10.8. The molecule has 0 radical (unpaired) electrons. The van der Waals surface area contributed by atoms with Gasteiger partial charge in [-0.3, -0.25) is 9.36 Å². The summed E-state index contributed by atoms with van der Waals surface area (Å²) in [6.45, 7) is 2.28. The van der Waals surface area contributed by atoms with Gasteiger partial charge in [-0.15, -0.1) is 11.3 Å². The molecule has 2 aromatic carbocycles. The van der Waals surface area contributed by atoms with Crippen LogP contribution in [-0.4, -0.2) is 9.55 Å². The van der Waals surface area contributed by atoms with Crippen molar-refractivity contribution in [1.82, 2.24) is 9.55 Å². The summed E-state index contributed by atoms with van der Waals surface area (Å²) in [5.74, 6) is 1.30. The van der Waals surface area contributed by atoms with Gasteiger partial charge in [-0.1, -0.05) is 66.2 Å². The Balaban J connectivity index is 1.63. The van der Waals surface area contributed by atoms with Crippen molar-refractivity contribution in [3.05, 3.63) is 84.9 Å². The monoisotopic (exact) mass is 486 g/mol. The molecule has 2 aromatic heterocycles. The summed E-state index contributed by atoms with van der Waals surface area (Å²) < 4.78 is 1.76. The molecule has 0 saturated heterocycles. The number of nitrogens with zero attached hydrogens (tertiary/aromatic N) is 2. The Hall–Kier alpha value is -1.79. The third-order valence-electron chi connectivity index (χ3n) is 5.66. The van der Waals surface area contributed by atoms with E-state index in [0.29, 0.717) is 26.9 Å². The van der Waals surface area contributed by atoms with Crippen LogP contribution in [0.2, 0.25) is 10.0 Å². The zero-order valence-corrected chi connectivity index (χ0v) is 20.0. The lowest BCUT2D eigenvalue weighted by molar-refractivity contribution is 0.509. The minimum atomic E-state index is 0.0277. The number of para-hydroxylation sites is 1. The van der Waals surface area contributed by atoms with E-state index in [-0.39, 0.29) is 5.56 Å². The summed E-state index contributed by atoms with van der Waals surface area (Å²) in [5.41, 5.74) is 3.11. The molecule has 0 amide bonds. The number of thiophene rings is 1. The molecule has 158 valence electrons. The van der Waals surface area contributed by atoms with Crippen molar-refractivity contribution < 1.29 is 0 Å². The Labute approximate surface area is 199 Å². The molecule has 0 fully saturated rings. The van der Waals surface area contributed by atoms with Crippen LogP contribution >= 0.6 is 46.3 Å². The number of rotatable bonds is 4. The summed E-state index contributed by atoms with van der Waals surface area (Å²) in [7, 11) is 0. The first-order chi connectivity index (χ1) is 15.0. The number of aromatic nitrogens is 2. The molecule has 1 aliphatic carbocycles. The molecule has 7 heteroatoms. The van der Waals surface area contributed by atoms with Gasteiger partial charge in [-0.2, -0.15) is 0 Å². The fourth-order valence-electron chi connectivity index (χ4n) is 4.05. The van der Waals surface area contributed by atoms with Crippen molar-refractivity contribution in [3.8, 4) is 5.69 Å². The minimum Gasteiger partial charge on any atom is -0.268 e.